The molecule has 0 amide bonds. The Kier molecular flexibility index (Phi) is 14.8. The number of aliphatic hydroxyl groups excluding tert-OH is 2. The Labute approximate surface area is 332 Å². The molecule has 53 heavy (non-hydrogen) atoms. The van der Waals surface area contributed by atoms with Gasteiger partial charge in [0.1, 0.15) is 36.1 Å². The first kappa shape index (κ1) is 43.4. The molecule has 8 rings (SSSR count). The third-order valence-corrected chi connectivity index (χ3v) is 9.35. The number of hydrogen-bond acceptors (Lipinski definition) is 12. The van der Waals surface area contributed by atoms with Crippen molar-refractivity contribution in [2.24, 2.45) is 0 Å². The summed E-state index contributed by atoms with van der Waals surface area (Å²) >= 11 is 0. The Hall–Kier alpha value is -2.37. The predicted octanol–water partition coefficient (Wildman–Crippen LogP) is 2.22. The van der Waals surface area contributed by atoms with E-state index < -0.39 is 54.2 Å². The first-order valence-corrected chi connectivity index (χ1v) is 17.2. The number of fused-ring (bicyclic) bond motifs is 4. The maximum atomic E-state index is 11.3. The Balaban J connectivity index is 0.000000218. The van der Waals surface area contributed by atoms with Crippen LogP contribution in [0, 0.1) is 0 Å². The molecule has 0 aromatic heterocycles. The smallest absolute Gasteiger partial charge is 0.870 e. The maximum absolute atomic E-state index is 11.3. The molecule has 0 spiro atoms. The zero-order chi connectivity index (χ0) is 36.4. The van der Waals surface area contributed by atoms with Crippen molar-refractivity contribution in [3.8, 4) is 0 Å². The van der Waals surface area contributed by atoms with E-state index in [-0.39, 0.29) is 47.7 Å². The van der Waals surface area contributed by atoms with Crippen LogP contribution >= 0.6 is 0 Å². The quantitative estimate of drug-likeness (QED) is 0.200. The molecule has 4 aliphatic rings. The van der Waals surface area contributed by atoms with E-state index in [1.54, 1.807) is 0 Å². The van der Waals surface area contributed by atoms with Gasteiger partial charge >= 0.3 is 29.6 Å². The molecular weight excluding hydrogens is 695 g/mol. The molecule has 4 aromatic carbocycles. The molecule has 8 atom stereocenters. The van der Waals surface area contributed by atoms with E-state index in [4.69, 9.17) is 43.0 Å². The standard InChI is InChI=1S/C20H24O5.C19H20O5.CH4O.Na.H2O/c1-19(2)23-16-17(20(3,12-21)25-18(16)24-19)22-11-13-8-9-14-6-4-5-7-15(14)10-13;1-19(2)23-17-16(15(10-20)22-18(17)24-19)21-11-12-7-8-13-5-3-4-6-14(13)9-12;1-2;;/h4-10,16-18,21H,11-12H2,1-3H3;3-10,15-18H,11H2,1-2H3;2H,1H3;;1H2/q;;;+1;/p-1/t16-,17+,18+,20+;15-,16-,17-,18-;;;/m11.../s1. The topological polar surface area (TPSA) is 161 Å². The number of hydrogen-bond donors (Lipinski definition) is 2. The first-order chi connectivity index (χ1) is 24.5. The zero-order valence-corrected chi connectivity index (χ0v) is 33.3. The van der Waals surface area contributed by atoms with Gasteiger partial charge in [-0.1, -0.05) is 72.8 Å². The number of aliphatic hydroxyl groups is 2. The van der Waals surface area contributed by atoms with Crippen LogP contribution in [0.5, 0.6) is 0 Å². The number of ether oxygens (including phenoxy) is 8. The summed E-state index contributed by atoms with van der Waals surface area (Å²) in [4.78, 5) is 11.3. The van der Waals surface area contributed by atoms with Gasteiger partial charge in [-0.2, -0.15) is 0 Å². The minimum absolute atomic E-state index is 0. The molecule has 4 saturated heterocycles. The summed E-state index contributed by atoms with van der Waals surface area (Å²) < 4.78 is 46.9. The van der Waals surface area contributed by atoms with Crippen molar-refractivity contribution in [1.29, 1.82) is 0 Å². The van der Waals surface area contributed by atoms with E-state index in [2.05, 4.69) is 54.6 Å². The van der Waals surface area contributed by atoms with Gasteiger partial charge in [0, 0.05) is 7.11 Å². The fraction of sp³-hybridized carbons (Fsp3) is 0.475. The summed E-state index contributed by atoms with van der Waals surface area (Å²) in [7, 11) is 1.00. The van der Waals surface area contributed by atoms with E-state index in [9.17, 15) is 9.90 Å². The fourth-order valence-electron chi connectivity index (χ4n) is 6.97. The van der Waals surface area contributed by atoms with Gasteiger partial charge in [0.15, 0.2) is 30.4 Å². The molecule has 4 heterocycles. The number of rotatable bonds is 8. The van der Waals surface area contributed by atoms with E-state index in [1.165, 1.54) is 16.2 Å². The van der Waals surface area contributed by atoms with Crippen LogP contribution in [-0.4, -0.2) is 96.0 Å². The van der Waals surface area contributed by atoms with Crippen molar-refractivity contribution in [1.82, 2.24) is 0 Å². The zero-order valence-electron chi connectivity index (χ0n) is 31.3. The van der Waals surface area contributed by atoms with Gasteiger partial charge in [-0.3, -0.25) is 0 Å². The summed E-state index contributed by atoms with van der Waals surface area (Å²) in [5.41, 5.74) is 1.27. The van der Waals surface area contributed by atoms with Gasteiger partial charge < -0.3 is 58.4 Å². The van der Waals surface area contributed by atoms with E-state index in [1.807, 2.05) is 65.0 Å². The van der Waals surface area contributed by atoms with Crippen molar-refractivity contribution in [2.75, 3.05) is 13.7 Å². The molecule has 4 aliphatic heterocycles. The second kappa shape index (κ2) is 18.1. The summed E-state index contributed by atoms with van der Waals surface area (Å²) in [6.07, 6.45) is -2.62. The van der Waals surface area contributed by atoms with Gasteiger partial charge in [0.05, 0.1) is 19.8 Å². The minimum Gasteiger partial charge on any atom is -0.870 e. The van der Waals surface area contributed by atoms with Crippen LogP contribution in [0.2, 0.25) is 0 Å². The third-order valence-electron chi connectivity index (χ3n) is 9.35. The minimum atomic E-state index is -0.845. The van der Waals surface area contributed by atoms with Crippen LogP contribution in [0.3, 0.4) is 0 Å². The van der Waals surface area contributed by atoms with Crippen LogP contribution in [-0.2, 0) is 55.9 Å². The largest absolute Gasteiger partial charge is 1.00 e. The molecule has 4 fully saturated rings. The molecule has 12 nitrogen and oxygen atoms in total. The van der Waals surface area contributed by atoms with E-state index >= 15 is 0 Å². The van der Waals surface area contributed by atoms with Crippen molar-refractivity contribution in [2.45, 2.75) is 108 Å². The van der Waals surface area contributed by atoms with Crippen LogP contribution in [0.15, 0.2) is 84.9 Å². The van der Waals surface area contributed by atoms with Crippen LogP contribution < -0.4 is 29.6 Å². The Morgan fingerprint density at radius 2 is 1.15 bits per heavy atom. The van der Waals surface area contributed by atoms with Crippen LogP contribution in [0.4, 0.5) is 0 Å². The molecule has 0 unspecified atom stereocenters. The van der Waals surface area contributed by atoms with Crippen molar-refractivity contribution in [3.05, 3.63) is 96.1 Å². The number of benzene rings is 4. The monoisotopic (exact) mass is 744 g/mol. The molecule has 13 heteroatoms. The van der Waals surface area contributed by atoms with Crippen molar-refractivity contribution < 1.29 is 87.9 Å². The molecule has 0 saturated carbocycles. The second-order valence-corrected chi connectivity index (χ2v) is 14.1. The van der Waals surface area contributed by atoms with Gasteiger partial charge in [-0.15, -0.1) is 0 Å². The molecule has 0 radical (unpaired) electrons. The predicted molar refractivity (Wildman–Crippen MR) is 190 cm³/mol. The normalized spacial score (nSPS) is 30.2. The van der Waals surface area contributed by atoms with Gasteiger partial charge in [-0.25, -0.2) is 0 Å². The van der Waals surface area contributed by atoms with E-state index in [0.29, 0.717) is 13.2 Å². The second-order valence-electron chi connectivity index (χ2n) is 14.1. The Bertz CT molecular complexity index is 1800. The molecule has 0 aliphatic carbocycles. The third kappa shape index (κ3) is 9.72. The van der Waals surface area contributed by atoms with Gasteiger partial charge in [0.2, 0.25) is 0 Å². The molecular formula is C40H49NaO12. The number of carbonyl (C=O) groups is 1. The number of carbonyl (C=O) groups excluding carboxylic acids is 1. The first-order valence-electron chi connectivity index (χ1n) is 17.2. The van der Waals surface area contributed by atoms with Gasteiger partial charge in [-0.05, 0) is 79.4 Å². The molecule has 282 valence electrons. The van der Waals surface area contributed by atoms with Crippen LogP contribution in [0.1, 0.15) is 45.7 Å². The summed E-state index contributed by atoms with van der Waals surface area (Å²) in [6, 6.07) is 28.8. The van der Waals surface area contributed by atoms with Crippen molar-refractivity contribution >= 4 is 27.8 Å². The van der Waals surface area contributed by atoms with E-state index in [0.717, 1.165) is 29.9 Å². The Morgan fingerprint density at radius 3 is 1.68 bits per heavy atom. The summed E-state index contributed by atoms with van der Waals surface area (Å²) in [6.45, 7) is 9.83. The molecule has 0 bridgehead atoms. The van der Waals surface area contributed by atoms with Crippen molar-refractivity contribution in [3.63, 3.8) is 0 Å². The SMILES string of the molecule is CC1(C)O[C@H]2O[C@@](C)(CO)[C@@H](OCc3ccc4ccccc4c3)[C@H]2O1.CC1(C)O[C@H]2O[C@H](C=O)[C@@H](OCc3ccc4ccccc4c3)[C@H]2O1.CO.[Na+].[OH-]. The number of aldehydes is 1. The Morgan fingerprint density at radius 1 is 0.660 bits per heavy atom. The van der Waals surface area contributed by atoms with Gasteiger partial charge in [0.25, 0.3) is 0 Å². The molecule has 3 N–H and O–H groups in total. The fourth-order valence-corrected chi connectivity index (χ4v) is 6.97. The molecule has 4 aromatic rings. The van der Waals surface area contributed by atoms with Crippen LogP contribution in [0.25, 0.3) is 21.5 Å². The maximum Gasteiger partial charge on any atom is 1.00 e. The average Bonchev–Trinajstić information content (AvgIpc) is 3.79. The summed E-state index contributed by atoms with van der Waals surface area (Å²) in [5, 5.41) is 21.5. The average molecular weight is 745 g/mol. The summed E-state index contributed by atoms with van der Waals surface area (Å²) in [5.74, 6) is -1.44.